The standard InChI is InChI=1S/C19H20N4O3S/c24-17(4-3-16-2-1-9-27-16)22-7-5-19(6-8-22)13-23(18(25)12-26-19)15-10-20-14-21-11-15/h1-4,9-11,14H,5-8,12-13H2/b4-3+. The fourth-order valence-corrected chi connectivity index (χ4v) is 4.08. The Hall–Kier alpha value is -2.58. The fraction of sp³-hybridized carbons (Fsp3) is 0.368. The van der Waals surface area contributed by atoms with Gasteiger partial charge in [0.2, 0.25) is 5.91 Å². The van der Waals surface area contributed by atoms with Gasteiger partial charge in [-0.1, -0.05) is 6.07 Å². The zero-order chi connectivity index (χ0) is 18.7. The molecule has 2 aromatic heterocycles. The molecule has 27 heavy (non-hydrogen) atoms. The van der Waals surface area contributed by atoms with Gasteiger partial charge in [0.05, 0.1) is 30.2 Å². The maximum Gasteiger partial charge on any atom is 0.253 e. The number of piperidine rings is 1. The van der Waals surface area contributed by atoms with Crippen LogP contribution < -0.4 is 4.90 Å². The number of ether oxygens (including phenoxy) is 1. The van der Waals surface area contributed by atoms with Crippen molar-refractivity contribution in [3.8, 4) is 0 Å². The Bertz CT molecular complexity index is 830. The zero-order valence-electron chi connectivity index (χ0n) is 14.8. The second-order valence-electron chi connectivity index (χ2n) is 6.72. The van der Waals surface area contributed by atoms with E-state index in [1.54, 1.807) is 34.7 Å². The number of carbonyl (C=O) groups is 2. The quantitative estimate of drug-likeness (QED) is 0.757. The van der Waals surface area contributed by atoms with E-state index in [0.717, 1.165) is 4.88 Å². The Morgan fingerprint density at radius 3 is 2.74 bits per heavy atom. The van der Waals surface area contributed by atoms with Crippen LogP contribution in [-0.2, 0) is 14.3 Å². The average Bonchev–Trinajstić information content (AvgIpc) is 3.23. The molecule has 2 aromatic rings. The van der Waals surface area contributed by atoms with E-state index in [0.29, 0.717) is 38.2 Å². The summed E-state index contributed by atoms with van der Waals surface area (Å²) in [4.78, 5) is 37.3. The SMILES string of the molecule is O=C(/C=C/c1cccs1)N1CCC2(CC1)CN(c1cncnc1)C(=O)CO2. The number of morpholine rings is 1. The Kier molecular flexibility index (Phi) is 5.00. The van der Waals surface area contributed by atoms with Crippen molar-refractivity contribution in [2.75, 3.05) is 31.1 Å². The van der Waals surface area contributed by atoms with Crippen LogP contribution in [0.1, 0.15) is 17.7 Å². The smallest absolute Gasteiger partial charge is 0.253 e. The van der Waals surface area contributed by atoms with E-state index in [2.05, 4.69) is 9.97 Å². The van der Waals surface area contributed by atoms with Crippen molar-refractivity contribution < 1.29 is 14.3 Å². The van der Waals surface area contributed by atoms with Gasteiger partial charge in [0.1, 0.15) is 12.9 Å². The van der Waals surface area contributed by atoms with Gasteiger partial charge in [0.15, 0.2) is 0 Å². The van der Waals surface area contributed by atoms with E-state index in [-0.39, 0.29) is 18.4 Å². The first-order valence-electron chi connectivity index (χ1n) is 8.85. The van der Waals surface area contributed by atoms with Crippen LogP contribution in [0.3, 0.4) is 0 Å². The van der Waals surface area contributed by atoms with Crippen molar-refractivity contribution in [3.05, 3.63) is 47.2 Å². The van der Waals surface area contributed by atoms with Gasteiger partial charge in [-0.15, -0.1) is 11.3 Å². The largest absolute Gasteiger partial charge is 0.363 e. The van der Waals surface area contributed by atoms with Crippen LogP contribution in [0.15, 0.2) is 42.3 Å². The van der Waals surface area contributed by atoms with E-state index in [9.17, 15) is 9.59 Å². The van der Waals surface area contributed by atoms with Crippen molar-refractivity contribution in [1.82, 2.24) is 14.9 Å². The van der Waals surface area contributed by atoms with Crippen LogP contribution in [0, 0.1) is 0 Å². The summed E-state index contributed by atoms with van der Waals surface area (Å²) >= 11 is 1.60. The summed E-state index contributed by atoms with van der Waals surface area (Å²) in [7, 11) is 0. The number of likely N-dealkylation sites (tertiary alicyclic amines) is 1. The lowest BCUT2D eigenvalue weighted by Gasteiger charge is -2.46. The van der Waals surface area contributed by atoms with Gasteiger partial charge in [-0.25, -0.2) is 9.97 Å². The van der Waals surface area contributed by atoms with Gasteiger partial charge < -0.3 is 14.5 Å². The summed E-state index contributed by atoms with van der Waals surface area (Å²) < 4.78 is 5.93. The number of amides is 2. The summed E-state index contributed by atoms with van der Waals surface area (Å²) in [5.74, 6) is -0.0775. The molecular weight excluding hydrogens is 364 g/mol. The summed E-state index contributed by atoms with van der Waals surface area (Å²) in [5, 5.41) is 1.99. The Balaban J connectivity index is 1.39. The molecule has 0 N–H and O–H groups in total. The molecule has 2 fully saturated rings. The van der Waals surface area contributed by atoms with Gasteiger partial charge >= 0.3 is 0 Å². The minimum absolute atomic E-state index is 0.0125. The molecule has 1 spiro atoms. The minimum Gasteiger partial charge on any atom is -0.363 e. The Labute approximate surface area is 161 Å². The third-order valence-electron chi connectivity index (χ3n) is 5.03. The van der Waals surface area contributed by atoms with E-state index < -0.39 is 5.60 Å². The lowest BCUT2D eigenvalue weighted by atomic mass is 9.89. The Morgan fingerprint density at radius 1 is 1.26 bits per heavy atom. The van der Waals surface area contributed by atoms with Gasteiger partial charge in [-0.2, -0.15) is 0 Å². The Morgan fingerprint density at radius 2 is 2.04 bits per heavy atom. The second kappa shape index (κ2) is 7.58. The predicted octanol–water partition coefficient (Wildman–Crippen LogP) is 1.98. The zero-order valence-corrected chi connectivity index (χ0v) is 15.6. The van der Waals surface area contributed by atoms with Crippen molar-refractivity contribution in [3.63, 3.8) is 0 Å². The van der Waals surface area contributed by atoms with Gasteiger partial charge in [-0.05, 0) is 30.4 Å². The molecule has 0 saturated carbocycles. The molecule has 2 aliphatic heterocycles. The van der Waals surface area contributed by atoms with Crippen molar-refractivity contribution in [2.24, 2.45) is 0 Å². The number of rotatable bonds is 3. The summed E-state index contributed by atoms with van der Waals surface area (Å²) in [6.45, 7) is 1.73. The number of hydrogen-bond acceptors (Lipinski definition) is 6. The normalized spacial score (nSPS) is 19.8. The molecule has 0 aromatic carbocycles. The highest BCUT2D eigenvalue weighted by Crippen LogP contribution is 2.32. The maximum absolute atomic E-state index is 12.4. The number of nitrogens with zero attached hydrogens (tertiary/aromatic N) is 4. The van der Waals surface area contributed by atoms with Crippen molar-refractivity contribution in [2.45, 2.75) is 18.4 Å². The first-order valence-corrected chi connectivity index (χ1v) is 9.73. The van der Waals surface area contributed by atoms with Gasteiger partial charge in [-0.3, -0.25) is 9.59 Å². The molecule has 2 saturated heterocycles. The van der Waals surface area contributed by atoms with E-state index in [4.69, 9.17) is 4.74 Å². The molecule has 0 unspecified atom stereocenters. The molecule has 2 aliphatic rings. The molecule has 0 aliphatic carbocycles. The number of anilines is 1. The molecule has 140 valence electrons. The third-order valence-corrected chi connectivity index (χ3v) is 5.87. The number of thiophene rings is 1. The number of aromatic nitrogens is 2. The van der Waals surface area contributed by atoms with E-state index in [1.165, 1.54) is 6.33 Å². The predicted molar refractivity (Wildman–Crippen MR) is 102 cm³/mol. The van der Waals surface area contributed by atoms with Crippen LogP contribution in [0.2, 0.25) is 0 Å². The summed E-state index contributed by atoms with van der Waals surface area (Å²) in [6.07, 6.45) is 9.59. The van der Waals surface area contributed by atoms with Crippen molar-refractivity contribution >= 4 is 34.9 Å². The first-order chi connectivity index (χ1) is 13.2. The summed E-state index contributed by atoms with van der Waals surface area (Å²) in [6, 6.07) is 3.94. The number of hydrogen-bond donors (Lipinski definition) is 0. The van der Waals surface area contributed by atoms with E-state index >= 15 is 0 Å². The number of carbonyl (C=O) groups excluding carboxylic acids is 2. The fourth-order valence-electron chi connectivity index (χ4n) is 3.46. The van der Waals surface area contributed by atoms with Crippen molar-refractivity contribution in [1.29, 1.82) is 0 Å². The molecule has 7 nitrogen and oxygen atoms in total. The molecule has 0 radical (unpaired) electrons. The molecule has 8 heteroatoms. The molecular formula is C19H20N4O3S. The molecule has 0 bridgehead atoms. The third kappa shape index (κ3) is 3.91. The molecule has 4 rings (SSSR count). The maximum atomic E-state index is 12.4. The monoisotopic (exact) mass is 384 g/mol. The van der Waals surface area contributed by atoms with Crippen LogP contribution >= 0.6 is 11.3 Å². The highest BCUT2D eigenvalue weighted by Gasteiger charge is 2.43. The minimum atomic E-state index is -0.419. The summed E-state index contributed by atoms with van der Waals surface area (Å²) in [5.41, 5.74) is 0.264. The second-order valence-corrected chi connectivity index (χ2v) is 7.70. The molecule has 0 atom stereocenters. The highest BCUT2D eigenvalue weighted by atomic mass is 32.1. The van der Waals surface area contributed by atoms with Crippen LogP contribution in [-0.4, -0.2) is 58.5 Å². The van der Waals surface area contributed by atoms with Crippen LogP contribution in [0.5, 0.6) is 0 Å². The lowest BCUT2D eigenvalue weighted by molar-refractivity contribution is -0.148. The topological polar surface area (TPSA) is 75.6 Å². The lowest BCUT2D eigenvalue weighted by Crippen LogP contribution is -2.59. The highest BCUT2D eigenvalue weighted by molar-refractivity contribution is 7.10. The van der Waals surface area contributed by atoms with Crippen LogP contribution in [0.4, 0.5) is 5.69 Å². The first kappa shape index (κ1) is 17.8. The van der Waals surface area contributed by atoms with Crippen LogP contribution in [0.25, 0.3) is 6.08 Å². The molecule has 2 amide bonds. The average molecular weight is 384 g/mol. The molecule has 4 heterocycles. The van der Waals surface area contributed by atoms with Gasteiger partial charge in [0, 0.05) is 24.0 Å². The van der Waals surface area contributed by atoms with Gasteiger partial charge in [0.25, 0.3) is 5.91 Å². The van der Waals surface area contributed by atoms with E-state index in [1.807, 2.05) is 28.5 Å².